The Morgan fingerprint density at radius 2 is 2.42 bits per heavy atom. The van der Waals surface area contributed by atoms with Crippen LogP contribution in [0.4, 0.5) is 0 Å². The zero-order valence-corrected chi connectivity index (χ0v) is 7.69. The second-order valence-corrected chi connectivity index (χ2v) is 3.87. The Bertz CT molecular complexity index is 299. The number of methoxy groups -OCH3 is 1. The molecule has 64 valence electrons. The molecule has 0 spiro atoms. The molecule has 2 nitrogen and oxygen atoms in total. The lowest BCUT2D eigenvalue weighted by Crippen LogP contribution is -2.00. The molecule has 3 heteroatoms. The number of hydrogen-bond donors (Lipinski definition) is 0. The van der Waals surface area contributed by atoms with Crippen molar-refractivity contribution in [3.63, 3.8) is 0 Å². The summed E-state index contributed by atoms with van der Waals surface area (Å²) in [5.41, 5.74) is 0. The number of Topliss-reactive ketones (excluding diaryl/α,β-unsaturated/α-hetero) is 1. The van der Waals surface area contributed by atoms with E-state index >= 15 is 0 Å². The van der Waals surface area contributed by atoms with E-state index in [4.69, 9.17) is 4.74 Å². The number of ketones is 1. The lowest BCUT2D eigenvalue weighted by atomic mass is 10.2. The van der Waals surface area contributed by atoms with Gasteiger partial charge in [0.05, 0.1) is 7.11 Å². The van der Waals surface area contributed by atoms with Crippen molar-refractivity contribution < 1.29 is 9.53 Å². The maximum absolute atomic E-state index is 11.6. The molecule has 0 atom stereocenters. The Hall–Kier alpha value is -0.830. The molecule has 0 unspecified atom stereocenters. The Morgan fingerprint density at radius 3 is 3.00 bits per heavy atom. The SMILES string of the molecule is COc1ccsc1C(=O)C1CC1. The van der Waals surface area contributed by atoms with E-state index in [-0.39, 0.29) is 11.7 Å². The van der Waals surface area contributed by atoms with Crippen LogP contribution in [0.1, 0.15) is 22.5 Å². The van der Waals surface area contributed by atoms with Gasteiger partial charge in [0.2, 0.25) is 0 Å². The van der Waals surface area contributed by atoms with Gasteiger partial charge in [-0.05, 0) is 24.3 Å². The average molecular weight is 182 g/mol. The highest BCUT2D eigenvalue weighted by atomic mass is 32.1. The molecule has 1 aromatic heterocycles. The van der Waals surface area contributed by atoms with Crippen LogP contribution in [0.5, 0.6) is 5.75 Å². The quantitative estimate of drug-likeness (QED) is 0.671. The van der Waals surface area contributed by atoms with Crippen LogP contribution in [-0.2, 0) is 0 Å². The first-order chi connectivity index (χ1) is 5.83. The zero-order chi connectivity index (χ0) is 8.55. The van der Waals surface area contributed by atoms with E-state index in [0.717, 1.165) is 23.5 Å². The van der Waals surface area contributed by atoms with Gasteiger partial charge in [0.25, 0.3) is 0 Å². The van der Waals surface area contributed by atoms with Crippen molar-refractivity contribution >= 4 is 17.1 Å². The summed E-state index contributed by atoms with van der Waals surface area (Å²) >= 11 is 1.48. The fourth-order valence-electron chi connectivity index (χ4n) is 1.17. The van der Waals surface area contributed by atoms with E-state index in [0.29, 0.717) is 0 Å². The largest absolute Gasteiger partial charge is 0.495 e. The van der Waals surface area contributed by atoms with Crippen LogP contribution in [0.3, 0.4) is 0 Å². The topological polar surface area (TPSA) is 26.3 Å². The molecule has 0 aliphatic heterocycles. The Kier molecular flexibility index (Phi) is 1.89. The smallest absolute Gasteiger partial charge is 0.179 e. The molecule has 0 N–H and O–H groups in total. The Labute approximate surface area is 75.2 Å². The first-order valence-electron chi connectivity index (χ1n) is 3.98. The van der Waals surface area contributed by atoms with Crippen LogP contribution >= 0.6 is 11.3 Å². The fraction of sp³-hybridized carbons (Fsp3) is 0.444. The zero-order valence-electron chi connectivity index (χ0n) is 6.87. The second-order valence-electron chi connectivity index (χ2n) is 2.96. The van der Waals surface area contributed by atoms with E-state index in [1.54, 1.807) is 7.11 Å². The molecule has 0 amide bonds. The molecule has 0 radical (unpaired) electrons. The van der Waals surface area contributed by atoms with Gasteiger partial charge >= 0.3 is 0 Å². The summed E-state index contributed by atoms with van der Waals surface area (Å²) in [6.45, 7) is 0. The van der Waals surface area contributed by atoms with Gasteiger partial charge in [-0.15, -0.1) is 11.3 Å². The summed E-state index contributed by atoms with van der Waals surface area (Å²) in [6.07, 6.45) is 2.11. The first-order valence-corrected chi connectivity index (χ1v) is 4.86. The predicted molar refractivity (Wildman–Crippen MR) is 47.9 cm³/mol. The summed E-state index contributed by atoms with van der Waals surface area (Å²) < 4.78 is 5.07. The number of carbonyl (C=O) groups excluding carboxylic acids is 1. The highest BCUT2D eigenvalue weighted by Gasteiger charge is 2.32. The molecule has 1 aliphatic rings. The standard InChI is InChI=1S/C9H10O2S/c1-11-7-4-5-12-9(7)8(10)6-2-3-6/h4-6H,2-3H2,1H3. The summed E-state index contributed by atoms with van der Waals surface area (Å²) in [7, 11) is 1.60. The molecule has 1 fully saturated rings. The van der Waals surface area contributed by atoms with Crippen LogP contribution in [0.25, 0.3) is 0 Å². The maximum Gasteiger partial charge on any atom is 0.179 e. The van der Waals surface area contributed by atoms with Gasteiger partial charge < -0.3 is 4.74 Å². The van der Waals surface area contributed by atoms with Crippen LogP contribution < -0.4 is 4.74 Å². The van der Waals surface area contributed by atoms with Gasteiger partial charge in [-0.3, -0.25) is 4.79 Å². The number of hydrogen-bond acceptors (Lipinski definition) is 3. The number of ether oxygens (including phenoxy) is 1. The third kappa shape index (κ3) is 1.25. The number of rotatable bonds is 3. The van der Waals surface area contributed by atoms with Crippen molar-refractivity contribution in [3.05, 3.63) is 16.3 Å². The molecule has 0 aromatic carbocycles. The van der Waals surface area contributed by atoms with E-state index < -0.39 is 0 Å². The van der Waals surface area contributed by atoms with Gasteiger partial charge in [-0.25, -0.2) is 0 Å². The monoisotopic (exact) mass is 182 g/mol. The van der Waals surface area contributed by atoms with E-state index in [1.807, 2.05) is 11.4 Å². The van der Waals surface area contributed by atoms with Gasteiger partial charge in [-0.2, -0.15) is 0 Å². The molecule has 1 heterocycles. The number of thiophene rings is 1. The molecule has 0 saturated heterocycles. The van der Waals surface area contributed by atoms with E-state index in [2.05, 4.69) is 0 Å². The summed E-state index contributed by atoms with van der Waals surface area (Å²) in [5, 5.41) is 1.90. The molecule has 1 aliphatic carbocycles. The minimum atomic E-state index is 0.266. The highest BCUT2D eigenvalue weighted by molar-refractivity contribution is 7.12. The van der Waals surface area contributed by atoms with Crippen molar-refractivity contribution in [2.75, 3.05) is 7.11 Å². The molecular formula is C9H10O2S. The average Bonchev–Trinajstić information content (AvgIpc) is 2.82. The number of carbonyl (C=O) groups is 1. The van der Waals surface area contributed by atoms with Crippen LogP contribution in [-0.4, -0.2) is 12.9 Å². The van der Waals surface area contributed by atoms with Gasteiger partial charge in [-0.1, -0.05) is 0 Å². The molecule has 1 aromatic rings. The first kappa shape index (κ1) is 7.80. The van der Waals surface area contributed by atoms with Crippen molar-refractivity contribution in [1.82, 2.24) is 0 Å². The predicted octanol–water partition coefficient (Wildman–Crippen LogP) is 2.35. The van der Waals surface area contributed by atoms with Crippen molar-refractivity contribution in [1.29, 1.82) is 0 Å². The van der Waals surface area contributed by atoms with Gasteiger partial charge in [0.15, 0.2) is 5.78 Å². The minimum absolute atomic E-state index is 0.266. The Balaban J connectivity index is 2.25. The normalized spacial score (nSPS) is 16.1. The summed E-state index contributed by atoms with van der Waals surface area (Å²) in [4.78, 5) is 12.4. The molecule has 12 heavy (non-hydrogen) atoms. The van der Waals surface area contributed by atoms with Crippen molar-refractivity contribution in [2.45, 2.75) is 12.8 Å². The minimum Gasteiger partial charge on any atom is -0.495 e. The lowest BCUT2D eigenvalue weighted by Gasteiger charge is -1.98. The third-order valence-electron chi connectivity index (χ3n) is 2.02. The molecular weight excluding hydrogens is 172 g/mol. The summed E-state index contributed by atoms with van der Waals surface area (Å²) in [5.74, 6) is 1.29. The van der Waals surface area contributed by atoms with Crippen LogP contribution in [0.2, 0.25) is 0 Å². The molecule has 1 saturated carbocycles. The van der Waals surface area contributed by atoms with Crippen molar-refractivity contribution in [3.8, 4) is 5.75 Å². The van der Waals surface area contributed by atoms with Crippen molar-refractivity contribution in [2.24, 2.45) is 5.92 Å². The van der Waals surface area contributed by atoms with Gasteiger partial charge in [0.1, 0.15) is 10.6 Å². The Morgan fingerprint density at radius 1 is 1.67 bits per heavy atom. The van der Waals surface area contributed by atoms with E-state index in [9.17, 15) is 4.79 Å². The lowest BCUT2D eigenvalue weighted by molar-refractivity contribution is 0.0969. The summed E-state index contributed by atoms with van der Waals surface area (Å²) in [6, 6.07) is 1.85. The second kappa shape index (κ2) is 2.90. The molecule has 2 rings (SSSR count). The third-order valence-corrected chi connectivity index (χ3v) is 2.93. The van der Waals surface area contributed by atoms with Gasteiger partial charge in [0, 0.05) is 5.92 Å². The maximum atomic E-state index is 11.6. The fourth-order valence-corrected chi connectivity index (χ4v) is 2.05. The molecule has 0 bridgehead atoms. The van der Waals surface area contributed by atoms with E-state index in [1.165, 1.54) is 11.3 Å². The highest BCUT2D eigenvalue weighted by Crippen LogP contribution is 2.37. The van der Waals surface area contributed by atoms with Crippen LogP contribution in [0.15, 0.2) is 11.4 Å². The van der Waals surface area contributed by atoms with Crippen LogP contribution in [0, 0.1) is 5.92 Å².